The van der Waals surface area contributed by atoms with Crippen LogP contribution in [0.3, 0.4) is 0 Å². The lowest BCUT2D eigenvalue weighted by molar-refractivity contribution is 0.999. The highest BCUT2D eigenvalue weighted by atomic mass is 35.5. The Bertz CT molecular complexity index is 408. The van der Waals surface area contributed by atoms with Crippen LogP contribution in [0.25, 0.3) is 11.0 Å². The van der Waals surface area contributed by atoms with Crippen LogP contribution in [-0.4, -0.2) is 9.97 Å². The molecule has 3 nitrogen and oxygen atoms in total. The van der Waals surface area contributed by atoms with Crippen molar-refractivity contribution < 1.29 is 0 Å². The number of pyridine rings is 2. The zero-order chi connectivity index (χ0) is 8.39. The second-order valence-corrected chi connectivity index (χ2v) is 2.56. The van der Waals surface area contributed by atoms with Gasteiger partial charge in [0.05, 0.1) is 5.69 Å². The van der Waals surface area contributed by atoms with E-state index >= 15 is 0 Å². The van der Waals surface area contributed by atoms with Crippen molar-refractivity contribution in [3.63, 3.8) is 0 Å². The Hall–Kier alpha value is -0.610. The van der Waals surface area contributed by atoms with Gasteiger partial charge in [0.15, 0.2) is 5.65 Å². The minimum Gasteiger partial charge on any atom is -0.325 e. The van der Waals surface area contributed by atoms with Crippen LogP contribution in [0.1, 0.15) is 5.69 Å². The highest BCUT2D eigenvalue weighted by Gasteiger charge is 1.95. The average molecular weight is 269 g/mol. The molecule has 0 aromatic carbocycles. The SMILES string of the molecule is Cl.Cl.Cl.NCc1ccc2cccnc2n1. The molecule has 84 valence electrons. The highest BCUT2D eigenvalue weighted by Crippen LogP contribution is 2.08. The lowest BCUT2D eigenvalue weighted by Crippen LogP contribution is -1.99. The maximum atomic E-state index is 5.45. The second-order valence-electron chi connectivity index (χ2n) is 2.56. The van der Waals surface area contributed by atoms with E-state index in [0.717, 1.165) is 16.7 Å². The molecule has 2 aromatic heterocycles. The van der Waals surface area contributed by atoms with Gasteiger partial charge >= 0.3 is 0 Å². The summed E-state index contributed by atoms with van der Waals surface area (Å²) in [6.07, 6.45) is 1.73. The van der Waals surface area contributed by atoms with Crippen LogP contribution in [0.4, 0.5) is 0 Å². The third-order valence-electron chi connectivity index (χ3n) is 1.73. The van der Waals surface area contributed by atoms with Crippen molar-refractivity contribution in [2.24, 2.45) is 5.73 Å². The van der Waals surface area contributed by atoms with E-state index in [9.17, 15) is 0 Å². The molecule has 0 spiro atoms. The van der Waals surface area contributed by atoms with Crippen molar-refractivity contribution in [2.45, 2.75) is 6.54 Å². The Labute approximate surface area is 107 Å². The molecule has 2 heterocycles. The highest BCUT2D eigenvalue weighted by molar-refractivity contribution is 5.86. The van der Waals surface area contributed by atoms with Crippen LogP contribution < -0.4 is 5.73 Å². The van der Waals surface area contributed by atoms with Crippen molar-refractivity contribution in [2.75, 3.05) is 0 Å². The van der Waals surface area contributed by atoms with E-state index in [2.05, 4.69) is 9.97 Å². The molecule has 6 heteroatoms. The summed E-state index contributed by atoms with van der Waals surface area (Å²) >= 11 is 0. The molecular weight excluding hydrogens is 256 g/mol. The molecule has 2 N–H and O–H groups in total. The molecule has 0 aliphatic rings. The van der Waals surface area contributed by atoms with Gasteiger partial charge in [-0.3, -0.25) is 0 Å². The summed E-state index contributed by atoms with van der Waals surface area (Å²) in [6, 6.07) is 7.78. The van der Waals surface area contributed by atoms with Gasteiger partial charge in [0.25, 0.3) is 0 Å². The molecule has 0 saturated heterocycles. The predicted octanol–water partition coefficient (Wildman–Crippen LogP) is 2.35. The van der Waals surface area contributed by atoms with Gasteiger partial charge in [-0.15, -0.1) is 37.2 Å². The number of rotatable bonds is 1. The smallest absolute Gasteiger partial charge is 0.159 e. The molecule has 0 unspecified atom stereocenters. The number of hydrogen-bond acceptors (Lipinski definition) is 3. The van der Waals surface area contributed by atoms with Gasteiger partial charge in [0, 0.05) is 18.1 Å². The molecule has 0 fully saturated rings. The molecular formula is C9H12Cl3N3. The van der Waals surface area contributed by atoms with E-state index in [0.29, 0.717) is 6.54 Å². The van der Waals surface area contributed by atoms with Gasteiger partial charge in [-0.2, -0.15) is 0 Å². The largest absolute Gasteiger partial charge is 0.325 e. The van der Waals surface area contributed by atoms with Crippen molar-refractivity contribution >= 4 is 48.3 Å². The third kappa shape index (κ3) is 3.80. The summed E-state index contributed by atoms with van der Waals surface area (Å²) in [5.41, 5.74) is 7.09. The number of fused-ring (bicyclic) bond motifs is 1. The van der Waals surface area contributed by atoms with E-state index < -0.39 is 0 Å². The molecule has 0 atom stereocenters. The first kappa shape index (κ1) is 16.8. The van der Waals surface area contributed by atoms with Crippen molar-refractivity contribution in [3.8, 4) is 0 Å². The Morgan fingerprint density at radius 2 is 1.80 bits per heavy atom. The Morgan fingerprint density at radius 1 is 1.07 bits per heavy atom. The van der Waals surface area contributed by atoms with Crippen LogP contribution in [0.15, 0.2) is 30.5 Å². The second kappa shape index (κ2) is 7.65. The Kier molecular flexibility index (Phi) is 8.57. The standard InChI is InChI=1S/C9H9N3.3ClH/c10-6-8-4-3-7-2-1-5-11-9(7)12-8;;;/h1-5H,6,10H2;3*1H. The number of nitrogens with zero attached hydrogens (tertiary/aromatic N) is 2. The maximum absolute atomic E-state index is 5.45. The number of halogens is 3. The first-order valence-corrected chi connectivity index (χ1v) is 3.81. The summed E-state index contributed by atoms with van der Waals surface area (Å²) in [7, 11) is 0. The first-order chi connectivity index (χ1) is 5.90. The van der Waals surface area contributed by atoms with Gasteiger partial charge in [-0.1, -0.05) is 0 Å². The van der Waals surface area contributed by atoms with Crippen molar-refractivity contribution in [1.82, 2.24) is 9.97 Å². The molecule has 15 heavy (non-hydrogen) atoms. The van der Waals surface area contributed by atoms with Gasteiger partial charge < -0.3 is 5.73 Å². The fourth-order valence-corrected chi connectivity index (χ4v) is 1.11. The molecule has 0 saturated carbocycles. The number of aromatic nitrogens is 2. The Balaban J connectivity index is 0. The van der Waals surface area contributed by atoms with Crippen LogP contribution >= 0.6 is 37.2 Å². The zero-order valence-electron chi connectivity index (χ0n) is 7.79. The third-order valence-corrected chi connectivity index (χ3v) is 1.73. The summed E-state index contributed by atoms with van der Waals surface area (Å²) in [4.78, 5) is 8.38. The molecule has 0 aliphatic heterocycles. The van der Waals surface area contributed by atoms with Crippen LogP contribution in [0.5, 0.6) is 0 Å². The van der Waals surface area contributed by atoms with Crippen LogP contribution in [-0.2, 0) is 6.54 Å². The van der Waals surface area contributed by atoms with Gasteiger partial charge in [0.1, 0.15) is 0 Å². The van der Waals surface area contributed by atoms with Gasteiger partial charge in [0.2, 0.25) is 0 Å². The van der Waals surface area contributed by atoms with Crippen molar-refractivity contribution in [1.29, 1.82) is 0 Å². The van der Waals surface area contributed by atoms with E-state index in [1.54, 1.807) is 6.20 Å². The Morgan fingerprint density at radius 3 is 2.47 bits per heavy atom. The van der Waals surface area contributed by atoms with Crippen molar-refractivity contribution in [3.05, 3.63) is 36.2 Å². The predicted molar refractivity (Wildman–Crippen MR) is 69.2 cm³/mol. The molecule has 0 aliphatic carbocycles. The fourth-order valence-electron chi connectivity index (χ4n) is 1.11. The van der Waals surface area contributed by atoms with E-state index in [1.165, 1.54) is 0 Å². The lowest BCUT2D eigenvalue weighted by Gasteiger charge is -1.97. The normalized spacial score (nSPS) is 8.33. The maximum Gasteiger partial charge on any atom is 0.159 e. The molecule has 0 radical (unpaired) electrons. The minimum atomic E-state index is 0. The van der Waals surface area contributed by atoms with Crippen LogP contribution in [0, 0.1) is 0 Å². The van der Waals surface area contributed by atoms with E-state index in [-0.39, 0.29) is 37.2 Å². The minimum absolute atomic E-state index is 0. The van der Waals surface area contributed by atoms with E-state index in [4.69, 9.17) is 5.73 Å². The molecule has 0 bridgehead atoms. The summed E-state index contributed by atoms with van der Waals surface area (Å²) in [6.45, 7) is 0.465. The fraction of sp³-hybridized carbons (Fsp3) is 0.111. The summed E-state index contributed by atoms with van der Waals surface area (Å²) in [5, 5.41) is 1.05. The average Bonchev–Trinajstić information content (AvgIpc) is 2.17. The summed E-state index contributed by atoms with van der Waals surface area (Å²) in [5.74, 6) is 0. The lowest BCUT2D eigenvalue weighted by atomic mass is 10.2. The molecule has 2 rings (SSSR count). The zero-order valence-corrected chi connectivity index (χ0v) is 10.2. The molecule has 0 amide bonds. The summed E-state index contributed by atoms with van der Waals surface area (Å²) < 4.78 is 0. The van der Waals surface area contributed by atoms with Crippen LogP contribution in [0.2, 0.25) is 0 Å². The molecule has 2 aromatic rings. The first-order valence-electron chi connectivity index (χ1n) is 3.81. The van der Waals surface area contributed by atoms with Gasteiger partial charge in [-0.25, -0.2) is 9.97 Å². The number of nitrogens with two attached hydrogens (primary N) is 1. The van der Waals surface area contributed by atoms with Gasteiger partial charge in [-0.05, 0) is 24.3 Å². The number of hydrogen-bond donors (Lipinski definition) is 1. The monoisotopic (exact) mass is 267 g/mol. The quantitative estimate of drug-likeness (QED) is 0.864. The topological polar surface area (TPSA) is 51.8 Å². The van der Waals surface area contributed by atoms with E-state index in [1.807, 2.05) is 24.3 Å².